The van der Waals surface area contributed by atoms with Crippen molar-refractivity contribution < 1.29 is 18.3 Å². The quantitative estimate of drug-likeness (QED) is 0.441. The third-order valence-corrected chi connectivity index (χ3v) is 5.66. The van der Waals surface area contributed by atoms with Crippen LogP contribution < -0.4 is 15.2 Å². The van der Waals surface area contributed by atoms with Gasteiger partial charge in [0, 0.05) is 18.0 Å². The molecule has 0 saturated heterocycles. The predicted molar refractivity (Wildman–Crippen MR) is 116 cm³/mol. The molecule has 2 aromatic carbocycles. The summed E-state index contributed by atoms with van der Waals surface area (Å²) in [5, 5.41) is 0. The van der Waals surface area contributed by atoms with E-state index in [1.54, 1.807) is 25.4 Å². The lowest BCUT2D eigenvalue weighted by Gasteiger charge is -2.17. The van der Waals surface area contributed by atoms with Crippen LogP contribution in [0.5, 0.6) is 11.5 Å². The maximum atomic E-state index is 13.9. The molecule has 1 aliphatic rings. The van der Waals surface area contributed by atoms with Crippen molar-refractivity contribution in [3.05, 3.63) is 71.0 Å². The third-order valence-electron chi connectivity index (χ3n) is 5.66. The van der Waals surface area contributed by atoms with Crippen LogP contribution in [0.15, 0.2) is 58.0 Å². The number of fused-ring (bicyclic) bond motifs is 1. The Kier molecular flexibility index (Phi) is 5.34. The maximum absolute atomic E-state index is 13.9. The Morgan fingerprint density at radius 1 is 1.16 bits per heavy atom. The molecule has 0 spiro atoms. The van der Waals surface area contributed by atoms with Gasteiger partial charge in [0.1, 0.15) is 12.1 Å². The first-order valence-corrected chi connectivity index (χ1v) is 10.6. The molecule has 4 aromatic rings. The van der Waals surface area contributed by atoms with Crippen molar-refractivity contribution in [1.82, 2.24) is 14.5 Å². The molecule has 8 heteroatoms. The van der Waals surface area contributed by atoms with Gasteiger partial charge in [-0.1, -0.05) is 12.1 Å². The Labute approximate surface area is 183 Å². The number of benzene rings is 2. The van der Waals surface area contributed by atoms with Crippen molar-refractivity contribution in [2.75, 3.05) is 7.11 Å². The first-order chi connectivity index (χ1) is 15.6. The second kappa shape index (κ2) is 8.45. The molecule has 7 nitrogen and oxygen atoms in total. The van der Waals surface area contributed by atoms with E-state index in [1.807, 2.05) is 18.2 Å². The molecule has 1 saturated carbocycles. The number of nitrogens with zero attached hydrogens (tertiary/aromatic N) is 3. The summed E-state index contributed by atoms with van der Waals surface area (Å²) in [6.07, 6.45) is 7.79. The molecule has 5 rings (SSSR count). The zero-order valence-corrected chi connectivity index (χ0v) is 17.6. The van der Waals surface area contributed by atoms with Gasteiger partial charge in [0.25, 0.3) is 0 Å². The van der Waals surface area contributed by atoms with E-state index in [1.165, 1.54) is 29.7 Å². The lowest BCUT2D eigenvalue weighted by molar-refractivity contribution is 0.201. The van der Waals surface area contributed by atoms with Crippen molar-refractivity contribution in [2.24, 2.45) is 0 Å². The average Bonchev–Trinajstić information content (AvgIpc) is 3.45. The van der Waals surface area contributed by atoms with Gasteiger partial charge < -0.3 is 13.9 Å². The summed E-state index contributed by atoms with van der Waals surface area (Å²) in [6.45, 7) is 0.0371. The van der Waals surface area contributed by atoms with E-state index in [9.17, 15) is 9.18 Å². The fourth-order valence-electron chi connectivity index (χ4n) is 4.03. The highest BCUT2D eigenvalue weighted by molar-refractivity contribution is 5.73. The number of aromatic nitrogens is 3. The second-order valence-electron chi connectivity index (χ2n) is 7.84. The van der Waals surface area contributed by atoms with Crippen LogP contribution in [0.2, 0.25) is 0 Å². The molecular formula is C24H22FN3O4. The maximum Gasteiger partial charge on any atom is 0.348 e. The van der Waals surface area contributed by atoms with Crippen LogP contribution in [0.4, 0.5) is 4.39 Å². The molecule has 1 fully saturated rings. The Bertz CT molecular complexity index is 1320. The van der Waals surface area contributed by atoms with E-state index in [2.05, 4.69) is 9.97 Å². The van der Waals surface area contributed by atoms with Gasteiger partial charge in [0.2, 0.25) is 5.89 Å². The van der Waals surface area contributed by atoms with Crippen LogP contribution in [0.25, 0.3) is 22.2 Å². The molecule has 0 radical (unpaired) electrons. The number of hydrogen-bond donors (Lipinski definition) is 0. The van der Waals surface area contributed by atoms with Crippen LogP contribution in [0.3, 0.4) is 0 Å². The topological polar surface area (TPSA) is 79.4 Å². The van der Waals surface area contributed by atoms with Crippen molar-refractivity contribution in [1.29, 1.82) is 0 Å². The lowest BCUT2D eigenvalue weighted by atomic mass is 10.1. The standard InChI is InChI=1S/C24H22FN3O4/c1-30-20-10-9-15(11-21(20)31-17-5-2-3-6-17)16-12-26-24(29)28(13-16)14-22-27-19-8-4-7-18(25)23(19)32-22/h4,7-13,17H,2-3,5-6,14H2,1H3. The number of para-hydroxylation sites is 1. The number of oxazole rings is 1. The monoisotopic (exact) mass is 435 g/mol. The molecule has 0 amide bonds. The normalized spacial score (nSPS) is 14.2. The number of methoxy groups -OCH3 is 1. The fraction of sp³-hybridized carbons (Fsp3) is 0.292. The van der Waals surface area contributed by atoms with E-state index >= 15 is 0 Å². The van der Waals surface area contributed by atoms with E-state index in [0.29, 0.717) is 17.0 Å². The largest absolute Gasteiger partial charge is 0.493 e. The van der Waals surface area contributed by atoms with Crippen molar-refractivity contribution in [3.8, 4) is 22.6 Å². The van der Waals surface area contributed by atoms with Gasteiger partial charge >= 0.3 is 5.69 Å². The van der Waals surface area contributed by atoms with Crippen molar-refractivity contribution >= 4 is 11.1 Å². The van der Waals surface area contributed by atoms with Crippen LogP contribution in [0, 0.1) is 5.82 Å². The third kappa shape index (κ3) is 3.95. The van der Waals surface area contributed by atoms with Gasteiger partial charge in [0.05, 0.1) is 13.2 Å². The predicted octanol–water partition coefficient (Wildman–Crippen LogP) is 4.57. The highest BCUT2D eigenvalue weighted by atomic mass is 19.1. The summed E-state index contributed by atoms with van der Waals surface area (Å²) in [7, 11) is 1.61. The Balaban J connectivity index is 1.46. The van der Waals surface area contributed by atoms with Crippen LogP contribution >= 0.6 is 0 Å². The molecule has 0 unspecified atom stereocenters. The summed E-state index contributed by atoms with van der Waals surface area (Å²) in [5.74, 6) is 1.07. The van der Waals surface area contributed by atoms with Crippen LogP contribution in [0.1, 0.15) is 31.6 Å². The summed E-state index contributed by atoms with van der Waals surface area (Å²) in [6, 6.07) is 10.2. The van der Waals surface area contributed by atoms with E-state index in [0.717, 1.165) is 24.0 Å². The number of rotatable bonds is 6. The Morgan fingerprint density at radius 2 is 2.00 bits per heavy atom. The van der Waals surface area contributed by atoms with Crippen LogP contribution in [-0.2, 0) is 6.54 Å². The lowest BCUT2D eigenvalue weighted by Crippen LogP contribution is -2.22. The summed E-state index contributed by atoms with van der Waals surface area (Å²) >= 11 is 0. The fourth-order valence-corrected chi connectivity index (χ4v) is 4.03. The summed E-state index contributed by atoms with van der Waals surface area (Å²) in [5.41, 5.74) is 1.59. The molecule has 0 bridgehead atoms. The van der Waals surface area contributed by atoms with E-state index < -0.39 is 11.5 Å². The molecule has 2 aromatic heterocycles. The van der Waals surface area contributed by atoms with Gasteiger partial charge in [-0.3, -0.25) is 4.57 Å². The van der Waals surface area contributed by atoms with E-state index in [-0.39, 0.29) is 24.1 Å². The molecule has 32 heavy (non-hydrogen) atoms. The highest BCUT2D eigenvalue weighted by Gasteiger charge is 2.19. The van der Waals surface area contributed by atoms with Gasteiger partial charge in [-0.25, -0.2) is 19.2 Å². The minimum absolute atomic E-state index is 0.0371. The molecule has 164 valence electrons. The highest BCUT2D eigenvalue weighted by Crippen LogP contribution is 2.35. The van der Waals surface area contributed by atoms with Gasteiger partial charge in [-0.2, -0.15) is 0 Å². The SMILES string of the molecule is COc1ccc(-c2cnc(=O)n(Cc3nc4cccc(F)c4o3)c2)cc1OC1CCCC1. The van der Waals surface area contributed by atoms with Crippen molar-refractivity contribution in [3.63, 3.8) is 0 Å². The molecule has 0 aliphatic heterocycles. The van der Waals surface area contributed by atoms with Gasteiger partial charge in [0.15, 0.2) is 22.9 Å². The molecular weight excluding hydrogens is 413 g/mol. The van der Waals surface area contributed by atoms with Gasteiger partial charge in [-0.15, -0.1) is 0 Å². The summed E-state index contributed by atoms with van der Waals surface area (Å²) < 4.78 is 32.5. The zero-order valence-electron chi connectivity index (χ0n) is 17.6. The number of hydrogen-bond acceptors (Lipinski definition) is 6. The molecule has 0 atom stereocenters. The minimum Gasteiger partial charge on any atom is -0.493 e. The number of halogens is 1. The molecule has 2 heterocycles. The average molecular weight is 435 g/mol. The van der Waals surface area contributed by atoms with Gasteiger partial charge in [-0.05, 0) is 55.5 Å². The Hall–Kier alpha value is -3.68. The number of ether oxygens (including phenoxy) is 2. The van der Waals surface area contributed by atoms with Crippen LogP contribution in [-0.4, -0.2) is 27.7 Å². The first-order valence-electron chi connectivity index (χ1n) is 10.6. The Morgan fingerprint density at radius 3 is 2.78 bits per heavy atom. The zero-order chi connectivity index (χ0) is 22.1. The first kappa shape index (κ1) is 20.2. The van der Waals surface area contributed by atoms with E-state index in [4.69, 9.17) is 13.9 Å². The molecule has 0 N–H and O–H groups in total. The van der Waals surface area contributed by atoms with Crippen molar-refractivity contribution in [2.45, 2.75) is 38.3 Å². The minimum atomic E-state index is -0.492. The second-order valence-corrected chi connectivity index (χ2v) is 7.84. The summed E-state index contributed by atoms with van der Waals surface area (Å²) in [4.78, 5) is 20.6. The smallest absolute Gasteiger partial charge is 0.348 e. The molecule has 1 aliphatic carbocycles.